The van der Waals surface area contributed by atoms with E-state index in [0.717, 1.165) is 38.5 Å². The summed E-state index contributed by atoms with van der Waals surface area (Å²) >= 11 is 0. The van der Waals surface area contributed by atoms with Gasteiger partial charge in [-0.3, -0.25) is 4.79 Å². The molecule has 0 aromatic carbocycles. The summed E-state index contributed by atoms with van der Waals surface area (Å²) in [5.41, 5.74) is 0. The number of ether oxygens (including phenoxy) is 2. The molecule has 0 aliphatic heterocycles. The molecule has 0 spiro atoms. The molecule has 4 nitrogen and oxygen atoms in total. The number of hydrogen-bond acceptors (Lipinski definition) is 4. The lowest BCUT2D eigenvalue weighted by atomic mass is 9.99. The second-order valence-corrected chi connectivity index (χ2v) is 4.65. The van der Waals surface area contributed by atoms with Gasteiger partial charge in [-0.1, -0.05) is 46.5 Å². The van der Waals surface area contributed by atoms with E-state index >= 15 is 0 Å². The van der Waals surface area contributed by atoms with Gasteiger partial charge in [0.05, 0.1) is 6.61 Å². The topological polar surface area (TPSA) is 52.6 Å². The number of carbonyl (C=O) groups excluding carboxylic acids is 2. The summed E-state index contributed by atoms with van der Waals surface area (Å²) in [5, 5.41) is 0. The van der Waals surface area contributed by atoms with Crippen LogP contribution in [0, 0.1) is 5.92 Å². The predicted molar refractivity (Wildman–Crippen MR) is 70.1 cm³/mol. The van der Waals surface area contributed by atoms with Gasteiger partial charge in [0.25, 0.3) is 6.47 Å². The van der Waals surface area contributed by atoms with Crippen LogP contribution in [0.25, 0.3) is 0 Å². The lowest BCUT2D eigenvalue weighted by Gasteiger charge is -2.20. The van der Waals surface area contributed by atoms with Crippen LogP contribution in [0.5, 0.6) is 0 Å². The van der Waals surface area contributed by atoms with Crippen LogP contribution in [-0.2, 0) is 19.1 Å². The van der Waals surface area contributed by atoms with Crippen LogP contribution in [0.1, 0.15) is 59.3 Å². The monoisotopic (exact) mass is 258 g/mol. The molecule has 0 heterocycles. The summed E-state index contributed by atoms with van der Waals surface area (Å²) in [6, 6.07) is 0. The van der Waals surface area contributed by atoms with Crippen molar-refractivity contribution in [1.29, 1.82) is 0 Å². The Morgan fingerprint density at radius 1 is 1.17 bits per heavy atom. The molecule has 2 atom stereocenters. The van der Waals surface area contributed by atoms with E-state index in [9.17, 15) is 9.59 Å². The average molecular weight is 258 g/mol. The van der Waals surface area contributed by atoms with Crippen molar-refractivity contribution >= 4 is 12.4 Å². The van der Waals surface area contributed by atoms with Crippen LogP contribution >= 0.6 is 0 Å². The first-order valence-corrected chi connectivity index (χ1v) is 6.93. The minimum atomic E-state index is -0.756. The van der Waals surface area contributed by atoms with Gasteiger partial charge in [-0.15, -0.1) is 0 Å². The first-order valence-electron chi connectivity index (χ1n) is 6.93. The molecule has 0 fully saturated rings. The fourth-order valence-corrected chi connectivity index (χ4v) is 1.87. The zero-order valence-corrected chi connectivity index (χ0v) is 11.8. The van der Waals surface area contributed by atoms with Crippen molar-refractivity contribution in [3.63, 3.8) is 0 Å². The summed E-state index contributed by atoms with van der Waals surface area (Å²) in [6.07, 6.45) is 5.26. The molecule has 0 amide bonds. The van der Waals surface area contributed by atoms with Gasteiger partial charge in [-0.25, -0.2) is 4.79 Å². The summed E-state index contributed by atoms with van der Waals surface area (Å²) in [5.74, 6) is -0.414. The maximum Gasteiger partial charge on any atom is 0.347 e. The van der Waals surface area contributed by atoms with Gasteiger partial charge in [0.1, 0.15) is 0 Å². The fraction of sp³-hybridized carbons (Fsp3) is 0.857. The smallest absolute Gasteiger partial charge is 0.347 e. The summed E-state index contributed by atoms with van der Waals surface area (Å²) in [6.45, 7) is 6.80. The Morgan fingerprint density at radius 3 is 2.44 bits per heavy atom. The van der Waals surface area contributed by atoms with E-state index in [1.54, 1.807) is 0 Å². The van der Waals surface area contributed by atoms with Gasteiger partial charge >= 0.3 is 5.97 Å². The third-order valence-electron chi connectivity index (χ3n) is 2.94. The molecule has 0 saturated carbocycles. The average Bonchev–Trinajstić information content (AvgIpc) is 2.35. The largest absolute Gasteiger partial charge is 0.463 e. The van der Waals surface area contributed by atoms with Crippen LogP contribution in [0.4, 0.5) is 0 Å². The second-order valence-electron chi connectivity index (χ2n) is 4.65. The molecule has 4 heteroatoms. The number of unbranched alkanes of at least 4 members (excludes halogenated alkanes) is 3. The highest BCUT2D eigenvalue weighted by Gasteiger charge is 2.27. The SMILES string of the molecule is CCCCCCOC(=O)C(OC=O)C(C)CCC. The Hall–Kier alpha value is -1.06. The minimum absolute atomic E-state index is 0.00309. The van der Waals surface area contributed by atoms with Gasteiger partial charge in [-0.05, 0) is 12.8 Å². The first kappa shape index (κ1) is 16.9. The Kier molecular flexibility index (Phi) is 10.4. The van der Waals surface area contributed by atoms with Gasteiger partial charge in [0.15, 0.2) is 0 Å². The zero-order chi connectivity index (χ0) is 13.8. The first-order chi connectivity index (χ1) is 8.67. The Morgan fingerprint density at radius 2 is 1.89 bits per heavy atom. The maximum absolute atomic E-state index is 11.8. The van der Waals surface area contributed by atoms with Gasteiger partial charge in [-0.2, -0.15) is 0 Å². The van der Waals surface area contributed by atoms with Gasteiger partial charge < -0.3 is 9.47 Å². The third kappa shape index (κ3) is 7.30. The maximum atomic E-state index is 11.8. The summed E-state index contributed by atoms with van der Waals surface area (Å²) < 4.78 is 9.99. The van der Waals surface area contributed by atoms with E-state index in [-0.39, 0.29) is 5.92 Å². The molecule has 0 aliphatic rings. The zero-order valence-electron chi connectivity index (χ0n) is 11.8. The summed E-state index contributed by atoms with van der Waals surface area (Å²) in [4.78, 5) is 22.2. The van der Waals surface area contributed by atoms with Crippen LogP contribution in [0.2, 0.25) is 0 Å². The normalized spacial score (nSPS) is 13.7. The van der Waals surface area contributed by atoms with Crippen LogP contribution in [0.15, 0.2) is 0 Å². The summed E-state index contributed by atoms with van der Waals surface area (Å²) in [7, 11) is 0. The van der Waals surface area contributed by atoms with E-state index in [2.05, 4.69) is 6.92 Å². The van der Waals surface area contributed by atoms with Gasteiger partial charge in [0, 0.05) is 5.92 Å². The second kappa shape index (κ2) is 11.1. The molecule has 18 heavy (non-hydrogen) atoms. The fourth-order valence-electron chi connectivity index (χ4n) is 1.87. The van der Waals surface area contributed by atoms with E-state index in [1.165, 1.54) is 0 Å². The number of esters is 1. The molecule has 0 aromatic rings. The number of rotatable bonds is 11. The quantitative estimate of drug-likeness (QED) is 0.324. The van der Waals surface area contributed by atoms with Crippen molar-refractivity contribution in [2.45, 2.75) is 65.4 Å². The predicted octanol–water partition coefficient (Wildman–Crippen LogP) is 3.09. The highest BCUT2D eigenvalue weighted by atomic mass is 16.6. The van der Waals surface area contributed by atoms with Crippen LogP contribution in [0.3, 0.4) is 0 Å². The Bertz CT molecular complexity index is 228. The van der Waals surface area contributed by atoms with E-state index < -0.39 is 12.1 Å². The molecule has 0 aromatic heterocycles. The van der Waals surface area contributed by atoms with E-state index in [0.29, 0.717) is 13.1 Å². The number of carbonyl (C=O) groups is 2. The standard InChI is InChI=1S/C14H26O4/c1-4-6-7-8-10-17-14(16)13(18-11-15)12(3)9-5-2/h11-13H,4-10H2,1-3H3. The van der Waals surface area contributed by atoms with E-state index in [4.69, 9.17) is 9.47 Å². The van der Waals surface area contributed by atoms with E-state index in [1.807, 2.05) is 13.8 Å². The van der Waals surface area contributed by atoms with Crippen molar-refractivity contribution in [3.05, 3.63) is 0 Å². The molecule has 0 N–H and O–H groups in total. The highest BCUT2D eigenvalue weighted by Crippen LogP contribution is 2.15. The highest BCUT2D eigenvalue weighted by molar-refractivity contribution is 5.76. The lowest BCUT2D eigenvalue weighted by Crippen LogP contribution is -2.32. The van der Waals surface area contributed by atoms with Gasteiger partial charge in [0.2, 0.25) is 6.10 Å². The Labute approximate surface area is 110 Å². The molecule has 0 radical (unpaired) electrons. The van der Waals surface area contributed by atoms with Crippen LogP contribution in [-0.4, -0.2) is 25.2 Å². The van der Waals surface area contributed by atoms with Crippen molar-refractivity contribution < 1.29 is 19.1 Å². The molecular formula is C14H26O4. The van der Waals surface area contributed by atoms with Crippen molar-refractivity contribution in [2.75, 3.05) is 6.61 Å². The molecule has 0 saturated heterocycles. The molecule has 0 aliphatic carbocycles. The minimum Gasteiger partial charge on any atom is -0.463 e. The third-order valence-corrected chi connectivity index (χ3v) is 2.94. The molecule has 106 valence electrons. The van der Waals surface area contributed by atoms with Crippen LogP contribution < -0.4 is 0 Å². The Balaban J connectivity index is 4.01. The molecule has 0 rings (SSSR count). The molecular weight excluding hydrogens is 232 g/mol. The molecule has 2 unspecified atom stereocenters. The van der Waals surface area contributed by atoms with Crippen molar-refractivity contribution in [1.82, 2.24) is 0 Å². The molecule has 0 bridgehead atoms. The van der Waals surface area contributed by atoms with Crippen molar-refractivity contribution in [3.8, 4) is 0 Å². The number of hydrogen-bond donors (Lipinski definition) is 0. The van der Waals surface area contributed by atoms with Crippen molar-refractivity contribution in [2.24, 2.45) is 5.92 Å². The lowest BCUT2D eigenvalue weighted by molar-refractivity contribution is -0.165.